The molecule has 1 aliphatic carbocycles. The Morgan fingerprint density at radius 3 is 2.95 bits per heavy atom. The van der Waals surface area contributed by atoms with Crippen LogP contribution < -0.4 is 5.56 Å². The van der Waals surface area contributed by atoms with Gasteiger partial charge < -0.3 is 4.98 Å². The maximum Gasteiger partial charge on any atom is 0.251 e. The zero-order valence-corrected chi connectivity index (χ0v) is 11.8. The Kier molecular flexibility index (Phi) is 3.62. The number of aromatic nitrogens is 2. The highest BCUT2D eigenvalue weighted by molar-refractivity contribution is 7.98. The van der Waals surface area contributed by atoms with E-state index in [2.05, 4.69) is 9.97 Å². The van der Waals surface area contributed by atoms with Crippen LogP contribution in [0.1, 0.15) is 30.3 Å². The van der Waals surface area contributed by atoms with E-state index >= 15 is 0 Å². The van der Waals surface area contributed by atoms with Gasteiger partial charge in [0.25, 0.3) is 5.56 Å². The molecule has 0 atom stereocenters. The molecule has 3 rings (SSSR count). The average Bonchev–Trinajstić information content (AvgIpc) is 3.20. The molecule has 1 aliphatic rings. The minimum Gasteiger partial charge on any atom is -0.310 e. The lowest BCUT2D eigenvalue weighted by atomic mass is 10.3. The van der Waals surface area contributed by atoms with E-state index in [1.807, 2.05) is 24.3 Å². The minimum absolute atomic E-state index is 0.0569. The van der Waals surface area contributed by atoms with Gasteiger partial charge in [0, 0.05) is 21.9 Å². The van der Waals surface area contributed by atoms with Gasteiger partial charge in [0.1, 0.15) is 5.82 Å². The van der Waals surface area contributed by atoms with Gasteiger partial charge in [-0.25, -0.2) is 4.98 Å². The van der Waals surface area contributed by atoms with E-state index in [0.717, 1.165) is 34.3 Å². The van der Waals surface area contributed by atoms with E-state index in [9.17, 15) is 4.79 Å². The van der Waals surface area contributed by atoms with Crippen LogP contribution in [0.5, 0.6) is 0 Å². The van der Waals surface area contributed by atoms with Crippen molar-refractivity contribution in [3.8, 4) is 0 Å². The number of benzene rings is 1. The molecule has 1 aromatic carbocycles. The summed E-state index contributed by atoms with van der Waals surface area (Å²) in [6.07, 6.45) is 2.30. The fraction of sp³-hybridized carbons (Fsp3) is 0.286. The lowest BCUT2D eigenvalue weighted by Gasteiger charge is -2.04. The van der Waals surface area contributed by atoms with E-state index in [-0.39, 0.29) is 5.56 Å². The molecular formula is C14H13ClN2OS. The molecule has 1 N–H and O–H groups in total. The van der Waals surface area contributed by atoms with E-state index in [1.165, 1.54) is 0 Å². The van der Waals surface area contributed by atoms with Crippen LogP contribution in [0.3, 0.4) is 0 Å². The highest BCUT2D eigenvalue weighted by Gasteiger charge is 2.25. The van der Waals surface area contributed by atoms with Crippen LogP contribution >= 0.6 is 23.4 Å². The van der Waals surface area contributed by atoms with E-state index in [0.29, 0.717) is 11.7 Å². The lowest BCUT2D eigenvalue weighted by molar-refractivity contribution is 0.912. The molecule has 0 unspecified atom stereocenters. The van der Waals surface area contributed by atoms with Crippen LogP contribution in [0.25, 0.3) is 0 Å². The maximum absolute atomic E-state index is 11.6. The molecule has 19 heavy (non-hydrogen) atoms. The van der Waals surface area contributed by atoms with Crippen LogP contribution in [0, 0.1) is 0 Å². The number of hydrogen-bond donors (Lipinski definition) is 1. The Labute approximate surface area is 120 Å². The van der Waals surface area contributed by atoms with Crippen molar-refractivity contribution < 1.29 is 0 Å². The summed E-state index contributed by atoms with van der Waals surface area (Å²) < 4.78 is 0. The van der Waals surface area contributed by atoms with Gasteiger partial charge in [-0.1, -0.05) is 17.7 Å². The van der Waals surface area contributed by atoms with E-state index in [1.54, 1.807) is 17.8 Å². The molecular weight excluding hydrogens is 280 g/mol. The zero-order chi connectivity index (χ0) is 13.2. The molecule has 0 saturated heterocycles. The van der Waals surface area contributed by atoms with Gasteiger partial charge in [0.2, 0.25) is 0 Å². The van der Waals surface area contributed by atoms with Crippen molar-refractivity contribution >= 4 is 23.4 Å². The Hall–Kier alpha value is -1.26. The average molecular weight is 293 g/mol. The lowest BCUT2D eigenvalue weighted by Crippen LogP contribution is -2.11. The number of nitrogens with zero attached hydrogens (tertiary/aromatic N) is 1. The fourth-order valence-electron chi connectivity index (χ4n) is 1.89. The SMILES string of the molecule is O=c1cc(C2CC2)nc(CSc2cccc(Cl)c2)[nH]1. The second kappa shape index (κ2) is 5.39. The van der Waals surface area contributed by atoms with Crippen molar-refractivity contribution in [2.45, 2.75) is 29.4 Å². The third-order valence-electron chi connectivity index (χ3n) is 2.98. The quantitative estimate of drug-likeness (QED) is 0.876. The largest absolute Gasteiger partial charge is 0.310 e. The first-order valence-corrected chi connectivity index (χ1v) is 7.55. The molecule has 0 spiro atoms. The van der Waals surface area contributed by atoms with Crippen LogP contribution in [0.4, 0.5) is 0 Å². The summed E-state index contributed by atoms with van der Waals surface area (Å²) >= 11 is 7.56. The van der Waals surface area contributed by atoms with Crippen molar-refractivity contribution in [3.05, 3.63) is 57.2 Å². The summed E-state index contributed by atoms with van der Waals surface area (Å²) in [5.41, 5.74) is 0.879. The van der Waals surface area contributed by atoms with E-state index in [4.69, 9.17) is 11.6 Å². The predicted octanol–water partition coefficient (Wildman–Crippen LogP) is 3.59. The number of hydrogen-bond acceptors (Lipinski definition) is 3. The van der Waals surface area contributed by atoms with Crippen molar-refractivity contribution in [2.24, 2.45) is 0 Å². The Balaban J connectivity index is 1.74. The third-order valence-corrected chi connectivity index (χ3v) is 4.22. The molecule has 5 heteroatoms. The van der Waals surface area contributed by atoms with Crippen molar-refractivity contribution in [1.29, 1.82) is 0 Å². The number of H-pyrrole nitrogens is 1. The number of aromatic amines is 1. The normalized spacial score (nSPS) is 14.6. The highest BCUT2D eigenvalue weighted by atomic mass is 35.5. The summed E-state index contributed by atoms with van der Waals surface area (Å²) in [4.78, 5) is 20.0. The first-order chi connectivity index (χ1) is 9.20. The Bertz CT molecular complexity index is 652. The van der Waals surface area contributed by atoms with Gasteiger partial charge in [-0.3, -0.25) is 4.79 Å². The van der Waals surface area contributed by atoms with Crippen molar-refractivity contribution in [3.63, 3.8) is 0 Å². The standard InChI is InChI=1S/C14H13ClN2OS/c15-10-2-1-3-11(6-10)19-8-13-16-12(9-4-5-9)7-14(18)17-13/h1-3,6-7,9H,4-5,8H2,(H,16,17,18). The first-order valence-electron chi connectivity index (χ1n) is 6.19. The molecule has 1 aromatic heterocycles. The van der Waals surface area contributed by atoms with Gasteiger partial charge in [0.05, 0.1) is 11.4 Å². The molecule has 1 saturated carbocycles. The molecule has 1 fully saturated rings. The van der Waals surface area contributed by atoms with Crippen LogP contribution in [0.2, 0.25) is 5.02 Å². The van der Waals surface area contributed by atoms with Gasteiger partial charge in [-0.2, -0.15) is 0 Å². The monoisotopic (exact) mass is 292 g/mol. The van der Waals surface area contributed by atoms with E-state index < -0.39 is 0 Å². The number of halogens is 1. The van der Waals surface area contributed by atoms with Crippen LogP contribution in [0.15, 0.2) is 40.0 Å². The maximum atomic E-state index is 11.6. The van der Waals surface area contributed by atoms with Gasteiger partial charge >= 0.3 is 0 Å². The summed E-state index contributed by atoms with van der Waals surface area (Å²) in [5.74, 6) is 1.88. The molecule has 0 amide bonds. The first kappa shape index (κ1) is 12.8. The topological polar surface area (TPSA) is 45.8 Å². The van der Waals surface area contributed by atoms with Crippen molar-refractivity contribution in [1.82, 2.24) is 9.97 Å². The van der Waals surface area contributed by atoms with Gasteiger partial charge in [-0.05, 0) is 31.0 Å². The minimum atomic E-state index is -0.0569. The number of nitrogens with one attached hydrogen (secondary N) is 1. The summed E-state index contributed by atoms with van der Waals surface area (Å²) in [7, 11) is 0. The molecule has 2 aromatic rings. The van der Waals surface area contributed by atoms with Gasteiger partial charge in [0.15, 0.2) is 0 Å². The smallest absolute Gasteiger partial charge is 0.251 e. The molecule has 3 nitrogen and oxygen atoms in total. The predicted molar refractivity (Wildman–Crippen MR) is 77.8 cm³/mol. The molecule has 98 valence electrons. The van der Waals surface area contributed by atoms with Crippen LogP contribution in [-0.2, 0) is 5.75 Å². The molecule has 1 heterocycles. The summed E-state index contributed by atoms with van der Waals surface area (Å²) in [5, 5.41) is 0.721. The molecule has 0 aliphatic heterocycles. The Morgan fingerprint density at radius 1 is 1.37 bits per heavy atom. The third kappa shape index (κ3) is 3.39. The number of rotatable bonds is 4. The number of thioether (sulfide) groups is 1. The van der Waals surface area contributed by atoms with Crippen LogP contribution in [-0.4, -0.2) is 9.97 Å². The molecule has 0 bridgehead atoms. The molecule has 0 radical (unpaired) electrons. The fourth-order valence-corrected chi connectivity index (χ4v) is 2.97. The van der Waals surface area contributed by atoms with Gasteiger partial charge in [-0.15, -0.1) is 11.8 Å². The summed E-state index contributed by atoms with van der Waals surface area (Å²) in [6.45, 7) is 0. The Morgan fingerprint density at radius 2 is 2.21 bits per heavy atom. The highest BCUT2D eigenvalue weighted by Crippen LogP contribution is 2.38. The second-order valence-electron chi connectivity index (χ2n) is 4.64. The van der Waals surface area contributed by atoms with Crippen molar-refractivity contribution in [2.75, 3.05) is 0 Å². The second-order valence-corrected chi connectivity index (χ2v) is 6.12. The summed E-state index contributed by atoms with van der Waals surface area (Å²) in [6, 6.07) is 9.29. The zero-order valence-electron chi connectivity index (χ0n) is 10.2.